The number of hydrogen-bond acceptors (Lipinski definition) is 6. The molecule has 1 aromatic heterocycles. The van der Waals surface area contributed by atoms with E-state index in [0.29, 0.717) is 6.42 Å². The maximum absolute atomic E-state index is 12.8. The fraction of sp³-hybridized carbons (Fsp3) is 0.611. The van der Waals surface area contributed by atoms with Crippen molar-refractivity contribution in [1.29, 1.82) is 0 Å². The monoisotopic (exact) mass is 410 g/mol. The number of carboxylic acid groups (broad SMARTS) is 1. The summed E-state index contributed by atoms with van der Waals surface area (Å²) in [6.45, 7) is 6.17. The molecule has 0 aromatic carbocycles. The fourth-order valence-corrected chi connectivity index (χ4v) is 3.07. The molecule has 160 valence electrons. The van der Waals surface area contributed by atoms with Gasteiger partial charge in [0.25, 0.3) is 5.56 Å². The number of aromatic nitrogens is 2. The Balaban J connectivity index is 2.15. The van der Waals surface area contributed by atoms with Gasteiger partial charge in [0, 0.05) is 24.3 Å². The summed E-state index contributed by atoms with van der Waals surface area (Å²) in [7, 11) is 0. The molecule has 0 bridgehead atoms. The third-order valence-corrected chi connectivity index (χ3v) is 4.40. The molecule has 1 saturated heterocycles. The van der Waals surface area contributed by atoms with Crippen LogP contribution in [0.25, 0.3) is 0 Å². The van der Waals surface area contributed by atoms with Crippen LogP contribution in [0.5, 0.6) is 0 Å². The van der Waals surface area contributed by atoms with Gasteiger partial charge < -0.3 is 20.1 Å². The lowest BCUT2D eigenvalue weighted by Gasteiger charge is -2.38. The molecule has 2 atom stereocenters. The number of carbonyl (C=O) groups is 3. The Labute approximate surface area is 166 Å². The van der Waals surface area contributed by atoms with E-state index < -0.39 is 53.4 Å². The summed E-state index contributed by atoms with van der Waals surface area (Å²) in [6, 6.07) is -1.56. The second-order valence-corrected chi connectivity index (χ2v) is 8.02. The number of carbonyl (C=O) groups excluding carboxylic acids is 2. The smallest absolute Gasteiger partial charge is 0.407 e. The first-order valence-corrected chi connectivity index (χ1v) is 9.19. The van der Waals surface area contributed by atoms with Gasteiger partial charge in [0.05, 0.1) is 0 Å². The molecule has 1 aliphatic heterocycles. The van der Waals surface area contributed by atoms with E-state index in [1.807, 2.05) is 0 Å². The number of aliphatic carboxylic acids is 1. The normalized spacial score (nSPS) is 19.5. The van der Waals surface area contributed by atoms with Crippen molar-refractivity contribution >= 4 is 18.0 Å². The average molecular weight is 410 g/mol. The molecule has 3 N–H and O–H groups in total. The molecular formula is C18H26N4O7. The predicted molar refractivity (Wildman–Crippen MR) is 102 cm³/mol. The van der Waals surface area contributed by atoms with Crippen LogP contribution in [0.3, 0.4) is 0 Å². The van der Waals surface area contributed by atoms with E-state index in [-0.39, 0.29) is 18.5 Å². The van der Waals surface area contributed by atoms with Gasteiger partial charge in [-0.2, -0.15) is 0 Å². The molecule has 0 spiro atoms. The van der Waals surface area contributed by atoms with E-state index in [9.17, 15) is 29.1 Å². The Hall–Kier alpha value is -3.11. The first kappa shape index (κ1) is 22.2. The fourth-order valence-electron chi connectivity index (χ4n) is 3.07. The number of ether oxygens (including phenoxy) is 1. The summed E-state index contributed by atoms with van der Waals surface area (Å²) in [6.07, 6.45) is 1.09. The zero-order valence-corrected chi connectivity index (χ0v) is 16.9. The number of carboxylic acids is 1. The van der Waals surface area contributed by atoms with E-state index in [1.54, 1.807) is 20.8 Å². The molecule has 0 saturated carbocycles. The standard InChI is InChI=1S/C18H26N4O7/c1-10-7-21(16(27)20-14(10)24)9-13(23)22-8-11(5-6-12(22)15(25)26)19-17(28)29-18(2,3)4/h7,11-12H,5-6,8-9H2,1-4H3,(H,19,28)(H,25,26)(H,20,24,27)/t11-,12+/m1/s1. The highest BCUT2D eigenvalue weighted by Gasteiger charge is 2.37. The SMILES string of the molecule is Cc1cn(CC(=O)N2C[C@H](NC(=O)OC(C)(C)C)CC[C@H]2C(=O)O)c(=O)[nH]c1=O. The molecule has 1 aromatic rings. The minimum atomic E-state index is -1.17. The molecule has 1 aliphatic rings. The summed E-state index contributed by atoms with van der Waals surface area (Å²) in [4.78, 5) is 62.9. The van der Waals surface area contributed by atoms with Crippen molar-refractivity contribution in [3.63, 3.8) is 0 Å². The van der Waals surface area contributed by atoms with Crippen LogP contribution >= 0.6 is 0 Å². The predicted octanol–water partition coefficient (Wildman–Crippen LogP) is -0.186. The van der Waals surface area contributed by atoms with Gasteiger partial charge in [-0.15, -0.1) is 0 Å². The number of nitrogens with zero attached hydrogens (tertiary/aromatic N) is 2. The molecule has 11 nitrogen and oxygen atoms in total. The average Bonchev–Trinajstić information content (AvgIpc) is 2.57. The summed E-state index contributed by atoms with van der Waals surface area (Å²) in [5.41, 5.74) is -1.76. The Kier molecular flexibility index (Phi) is 6.50. The van der Waals surface area contributed by atoms with Crippen molar-refractivity contribution < 1.29 is 24.2 Å². The number of alkyl carbamates (subject to hydrolysis) is 1. The lowest BCUT2D eigenvalue weighted by Crippen LogP contribution is -2.57. The third-order valence-electron chi connectivity index (χ3n) is 4.40. The number of nitrogens with one attached hydrogen (secondary N) is 2. The number of H-pyrrole nitrogens is 1. The van der Waals surface area contributed by atoms with Gasteiger partial charge in [-0.05, 0) is 40.5 Å². The van der Waals surface area contributed by atoms with Crippen LogP contribution in [0.2, 0.25) is 0 Å². The van der Waals surface area contributed by atoms with Gasteiger partial charge in [-0.1, -0.05) is 0 Å². The Bertz CT molecular complexity index is 912. The molecule has 2 heterocycles. The van der Waals surface area contributed by atoms with Crippen LogP contribution in [0, 0.1) is 6.92 Å². The quantitative estimate of drug-likeness (QED) is 0.622. The topological polar surface area (TPSA) is 151 Å². The maximum Gasteiger partial charge on any atom is 0.407 e. The number of aromatic amines is 1. The van der Waals surface area contributed by atoms with Gasteiger partial charge in [-0.3, -0.25) is 19.1 Å². The van der Waals surface area contributed by atoms with Crippen molar-refractivity contribution in [1.82, 2.24) is 19.8 Å². The molecule has 11 heteroatoms. The molecule has 1 fully saturated rings. The first-order valence-electron chi connectivity index (χ1n) is 9.19. The Morgan fingerprint density at radius 2 is 1.93 bits per heavy atom. The first-order chi connectivity index (χ1) is 13.4. The van der Waals surface area contributed by atoms with E-state index >= 15 is 0 Å². The molecule has 0 radical (unpaired) electrons. The van der Waals surface area contributed by atoms with Crippen LogP contribution in [0.4, 0.5) is 4.79 Å². The summed E-state index contributed by atoms with van der Waals surface area (Å²) >= 11 is 0. The van der Waals surface area contributed by atoms with Crippen LogP contribution in [0.15, 0.2) is 15.8 Å². The molecule has 2 amide bonds. The van der Waals surface area contributed by atoms with E-state index in [1.165, 1.54) is 13.1 Å². The summed E-state index contributed by atoms with van der Waals surface area (Å²) < 4.78 is 6.21. The van der Waals surface area contributed by atoms with Crippen molar-refractivity contribution in [3.8, 4) is 0 Å². The van der Waals surface area contributed by atoms with Gasteiger partial charge in [0.15, 0.2) is 0 Å². The number of likely N-dealkylation sites (tertiary alicyclic amines) is 1. The number of hydrogen-bond donors (Lipinski definition) is 3. The number of aryl methyl sites for hydroxylation is 1. The van der Waals surface area contributed by atoms with Crippen LogP contribution in [-0.2, 0) is 20.9 Å². The summed E-state index contributed by atoms with van der Waals surface area (Å²) in [5, 5.41) is 12.1. The highest BCUT2D eigenvalue weighted by Crippen LogP contribution is 2.19. The van der Waals surface area contributed by atoms with Gasteiger partial charge in [0.1, 0.15) is 18.2 Å². The molecular weight excluding hydrogens is 384 g/mol. The van der Waals surface area contributed by atoms with Gasteiger partial charge in [-0.25, -0.2) is 14.4 Å². The van der Waals surface area contributed by atoms with E-state index in [4.69, 9.17) is 4.74 Å². The second kappa shape index (κ2) is 8.50. The zero-order valence-electron chi connectivity index (χ0n) is 16.9. The number of piperidine rings is 1. The third kappa shape index (κ3) is 5.93. The highest BCUT2D eigenvalue weighted by atomic mass is 16.6. The lowest BCUT2D eigenvalue weighted by molar-refractivity contribution is -0.152. The van der Waals surface area contributed by atoms with Gasteiger partial charge >= 0.3 is 17.8 Å². The number of amides is 2. The zero-order chi connectivity index (χ0) is 21.9. The Morgan fingerprint density at radius 1 is 1.28 bits per heavy atom. The molecule has 0 aliphatic carbocycles. The maximum atomic E-state index is 12.8. The van der Waals surface area contributed by atoms with Crippen LogP contribution in [-0.4, -0.2) is 61.8 Å². The van der Waals surface area contributed by atoms with E-state index in [2.05, 4.69) is 10.3 Å². The van der Waals surface area contributed by atoms with Crippen LogP contribution in [0.1, 0.15) is 39.2 Å². The summed E-state index contributed by atoms with van der Waals surface area (Å²) in [5.74, 6) is -1.78. The molecule has 0 unspecified atom stereocenters. The second-order valence-electron chi connectivity index (χ2n) is 8.02. The van der Waals surface area contributed by atoms with Gasteiger partial charge in [0.2, 0.25) is 5.91 Å². The van der Waals surface area contributed by atoms with Crippen molar-refractivity contribution in [2.45, 2.75) is 64.8 Å². The molecule has 2 rings (SSSR count). The van der Waals surface area contributed by atoms with Crippen molar-refractivity contribution in [2.75, 3.05) is 6.54 Å². The van der Waals surface area contributed by atoms with Crippen molar-refractivity contribution in [2.24, 2.45) is 0 Å². The minimum Gasteiger partial charge on any atom is -0.480 e. The largest absolute Gasteiger partial charge is 0.480 e. The number of rotatable bonds is 4. The Morgan fingerprint density at radius 3 is 2.52 bits per heavy atom. The lowest BCUT2D eigenvalue weighted by atomic mass is 9.98. The van der Waals surface area contributed by atoms with Crippen LogP contribution < -0.4 is 16.6 Å². The minimum absolute atomic E-state index is 0.0356. The highest BCUT2D eigenvalue weighted by molar-refractivity contribution is 5.84. The van der Waals surface area contributed by atoms with Crippen molar-refractivity contribution in [3.05, 3.63) is 32.6 Å². The van der Waals surface area contributed by atoms with E-state index in [0.717, 1.165) is 9.47 Å². The molecule has 29 heavy (non-hydrogen) atoms.